The maximum Gasteiger partial charge on any atom is 0.312 e. The number of hydrogen-bond donors (Lipinski definition) is 0. The van der Waals surface area contributed by atoms with Gasteiger partial charge in [-0.2, -0.15) is 4.31 Å². The minimum Gasteiger partial charge on any atom is -0.494 e. The van der Waals surface area contributed by atoms with Gasteiger partial charge in [-0.25, -0.2) is 8.42 Å². The average Bonchev–Trinajstić information content (AvgIpc) is 2.83. The molecule has 0 saturated carbocycles. The molecule has 178 valence electrons. The fraction of sp³-hybridized carbons (Fsp3) is 0.409. The predicted octanol–water partition coefficient (Wildman–Crippen LogP) is 2.47. The molecular weight excluding hydrogens is 450 g/mol. The third-order valence-electron chi connectivity index (χ3n) is 5.46. The fourth-order valence-corrected chi connectivity index (χ4v) is 5.15. The number of hydrogen-bond acceptors (Lipinski definition) is 7. The van der Waals surface area contributed by atoms with Crippen molar-refractivity contribution in [1.29, 1.82) is 0 Å². The van der Waals surface area contributed by atoms with E-state index in [2.05, 4.69) is 0 Å². The van der Waals surface area contributed by atoms with Gasteiger partial charge in [0.15, 0.2) is 5.75 Å². The van der Waals surface area contributed by atoms with Crippen molar-refractivity contribution in [2.45, 2.75) is 24.7 Å². The van der Waals surface area contributed by atoms with Gasteiger partial charge in [-0.05, 0) is 37.1 Å². The van der Waals surface area contributed by atoms with E-state index in [9.17, 15) is 23.3 Å². The Bertz CT molecular complexity index is 1110. The van der Waals surface area contributed by atoms with Gasteiger partial charge in [0.2, 0.25) is 15.9 Å². The summed E-state index contributed by atoms with van der Waals surface area (Å²) in [5, 5.41) is 11.2. The van der Waals surface area contributed by atoms with Gasteiger partial charge < -0.3 is 14.4 Å². The highest BCUT2D eigenvalue weighted by Gasteiger charge is 2.31. The number of nitrogens with zero attached hydrogens (tertiary/aromatic N) is 3. The van der Waals surface area contributed by atoms with Crippen molar-refractivity contribution in [3.05, 3.63) is 58.1 Å². The van der Waals surface area contributed by atoms with Crippen LogP contribution in [0.25, 0.3) is 0 Å². The zero-order chi connectivity index (χ0) is 24.0. The summed E-state index contributed by atoms with van der Waals surface area (Å²) in [6.07, 6.45) is 0.824. The number of benzene rings is 2. The molecular formula is C22H27N3O7S. The van der Waals surface area contributed by atoms with Crippen LogP contribution in [0.5, 0.6) is 11.5 Å². The van der Waals surface area contributed by atoms with Gasteiger partial charge in [-0.15, -0.1) is 0 Å². The Hall–Kier alpha value is -3.18. The molecule has 1 aliphatic heterocycles. The Kier molecular flexibility index (Phi) is 7.88. The molecule has 33 heavy (non-hydrogen) atoms. The number of nitro benzene ring substituents is 1. The first-order valence-electron chi connectivity index (χ1n) is 10.6. The molecule has 3 rings (SSSR count). The second-order valence-corrected chi connectivity index (χ2v) is 9.35. The molecule has 2 aromatic carbocycles. The third kappa shape index (κ3) is 5.60. The van der Waals surface area contributed by atoms with Crippen LogP contribution in [0.1, 0.15) is 18.9 Å². The molecule has 0 spiro atoms. The molecule has 1 aliphatic rings. The van der Waals surface area contributed by atoms with Crippen LogP contribution in [0.15, 0.2) is 47.4 Å². The van der Waals surface area contributed by atoms with Crippen molar-refractivity contribution in [2.75, 3.05) is 39.9 Å². The molecule has 1 heterocycles. The number of para-hydroxylation sites is 1. The number of carbonyl (C=O) groups excluding carboxylic acids is 1. The fourth-order valence-electron chi connectivity index (χ4n) is 3.71. The second kappa shape index (κ2) is 10.6. The number of ether oxygens (including phenoxy) is 2. The van der Waals surface area contributed by atoms with Crippen molar-refractivity contribution >= 4 is 21.6 Å². The van der Waals surface area contributed by atoms with Crippen LogP contribution in [-0.4, -0.2) is 68.3 Å². The molecule has 1 fully saturated rings. The lowest BCUT2D eigenvalue weighted by Gasteiger charge is -2.34. The highest BCUT2D eigenvalue weighted by atomic mass is 32.2. The molecule has 1 amide bonds. The lowest BCUT2D eigenvalue weighted by molar-refractivity contribution is -0.386. The Balaban J connectivity index is 1.62. The van der Waals surface area contributed by atoms with Crippen LogP contribution in [-0.2, 0) is 21.2 Å². The summed E-state index contributed by atoms with van der Waals surface area (Å²) >= 11 is 0. The Morgan fingerprint density at radius 1 is 1.09 bits per heavy atom. The second-order valence-electron chi connectivity index (χ2n) is 7.42. The van der Waals surface area contributed by atoms with E-state index < -0.39 is 20.6 Å². The number of rotatable bonds is 9. The highest BCUT2D eigenvalue weighted by Crippen LogP contribution is 2.31. The molecule has 0 radical (unpaired) electrons. The van der Waals surface area contributed by atoms with Crippen LogP contribution in [0.2, 0.25) is 0 Å². The number of methoxy groups -OCH3 is 1. The van der Waals surface area contributed by atoms with Crippen LogP contribution >= 0.6 is 0 Å². The van der Waals surface area contributed by atoms with Crippen molar-refractivity contribution in [1.82, 2.24) is 9.21 Å². The average molecular weight is 478 g/mol. The minimum atomic E-state index is -3.94. The van der Waals surface area contributed by atoms with Gasteiger partial charge in [0.05, 0.1) is 23.5 Å². The van der Waals surface area contributed by atoms with Gasteiger partial charge in [-0.1, -0.05) is 18.2 Å². The number of aryl methyl sites for hydroxylation is 1. The smallest absolute Gasteiger partial charge is 0.312 e. The quantitative estimate of drug-likeness (QED) is 0.402. The van der Waals surface area contributed by atoms with Crippen molar-refractivity contribution in [3.63, 3.8) is 0 Å². The zero-order valence-electron chi connectivity index (χ0n) is 18.6. The van der Waals surface area contributed by atoms with Crippen LogP contribution in [0.4, 0.5) is 5.69 Å². The summed E-state index contributed by atoms with van der Waals surface area (Å²) in [5.41, 5.74) is 0.537. The van der Waals surface area contributed by atoms with Crippen LogP contribution in [0, 0.1) is 10.1 Å². The van der Waals surface area contributed by atoms with Crippen LogP contribution < -0.4 is 9.47 Å². The standard InChI is InChI=1S/C22H27N3O7S/c1-3-32-20-7-5-4-6-17(20)8-11-22(26)23-12-14-24(15-13-23)33(29,30)18-9-10-21(31-2)19(16-18)25(27)28/h4-7,9-10,16H,3,8,11-15H2,1-2H3. The summed E-state index contributed by atoms with van der Waals surface area (Å²) in [4.78, 5) is 24.7. The lowest BCUT2D eigenvalue weighted by atomic mass is 10.1. The zero-order valence-corrected chi connectivity index (χ0v) is 19.4. The molecule has 0 bridgehead atoms. The summed E-state index contributed by atoms with van der Waals surface area (Å²) in [7, 11) is -2.66. The molecule has 10 nitrogen and oxygen atoms in total. The number of sulfonamides is 1. The summed E-state index contributed by atoms with van der Waals surface area (Å²) < 4.78 is 37.8. The summed E-state index contributed by atoms with van der Waals surface area (Å²) in [6, 6.07) is 11.1. The molecule has 0 atom stereocenters. The molecule has 2 aromatic rings. The maximum atomic E-state index is 13.0. The van der Waals surface area contributed by atoms with Gasteiger partial charge in [0.1, 0.15) is 5.75 Å². The van der Waals surface area contributed by atoms with E-state index in [0.717, 1.165) is 17.4 Å². The highest BCUT2D eigenvalue weighted by molar-refractivity contribution is 7.89. The number of amides is 1. The summed E-state index contributed by atoms with van der Waals surface area (Å²) in [6.45, 7) is 3.18. The monoisotopic (exact) mass is 477 g/mol. The largest absolute Gasteiger partial charge is 0.494 e. The number of piperazine rings is 1. The van der Waals surface area contributed by atoms with E-state index in [1.165, 1.54) is 23.5 Å². The lowest BCUT2D eigenvalue weighted by Crippen LogP contribution is -2.50. The first kappa shape index (κ1) is 24.5. The Morgan fingerprint density at radius 3 is 2.42 bits per heavy atom. The molecule has 0 aromatic heterocycles. The van der Waals surface area contributed by atoms with E-state index in [0.29, 0.717) is 19.4 Å². The first-order valence-corrected chi connectivity index (χ1v) is 12.0. The Morgan fingerprint density at radius 2 is 1.79 bits per heavy atom. The maximum absolute atomic E-state index is 13.0. The topological polar surface area (TPSA) is 119 Å². The van der Waals surface area contributed by atoms with Gasteiger partial charge >= 0.3 is 5.69 Å². The third-order valence-corrected chi connectivity index (χ3v) is 7.35. The van der Waals surface area contributed by atoms with Crippen molar-refractivity contribution in [3.8, 4) is 11.5 Å². The van der Waals surface area contributed by atoms with E-state index in [1.807, 2.05) is 31.2 Å². The molecule has 0 N–H and O–H groups in total. The first-order chi connectivity index (χ1) is 15.8. The SMILES string of the molecule is CCOc1ccccc1CCC(=O)N1CCN(S(=O)(=O)c2ccc(OC)c([N+](=O)[O-])c2)CC1. The van der Waals surface area contributed by atoms with E-state index in [1.54, 1.807) is 4.90 Å². The molecule has 1 saturated heterocycles. The molecule has 0 aliphatic carbocycles. The predicted molar refractivity (Wildman–Crippen MR) is 121 cm³/mol. The van der Waals surface area contributed by atoms with Gasteiger partial charge in [-0.3, -0.25) is 14.9 Å². The minimum absolute atomic E-state index is 0.0136. The van der Waals surface area contributed by atoms with Crippen molar-refractivity contribution in [2.24, 2.45) is 0 Å². The number of nitro groups is 1. The molecule has 0 unspecified atom stereocenters. The van der Waals surface area contributed by atoms with Gasteiger partial charge in [0, 0.05) is 38.7 Å². The van der Waals surface area contributed by atoms with Crippen LogP contribution in [0.3, 0.4) is 0 Å². The normalized spacial score (nSPS) is 14.7. The van der Waals surface area contributed by atoms with E-state index >= 15 is 0 Å². The van der Waals surface area contributed by atoms with E-state index in [-0.39, 0.29) is 42.7 Å². The number of carbonyl (C=O) groups is 1. The summed E-state index contributed by atoms with van der Waals surface area (Å²) in [5.74, 6) is 0.691. The van der Waals surface area contributed by atoms with Gasteiger partial charge in [0.25, 0.3) is 0 Å². The Labute approximate surface area is 192 Å². The van der Waals surface area contributed by atoms with E-state index in [4.69, 9.17) is 9.47 Å². The van der Waals surface area contributed by atoms with Crippen molar-refractivity contribution < 1.29 is 27.6 Å². The molecule has 11 heteroatoms.